The van der Waals surface area contributed by atoms with E-state index in [0.717, 1.165) is 44.8 Å². The lowest BCUT2D eigenvalue weighted by Gasteiger charge is -2.33. The van der Waals surface area contributed by atoms with Crippen LogP contribution in [-0.4, -0.2) is 18.1 Å². The summed E-state index contributed by atoms with van der Waals surface area (Å²) in [6.07, 6.45) is 2.98. The van der Waals surface area contributed by atoms with Crippen molar-refractivity contribution in [3.05, 3.63) is 75.2 Å². The Balaban J connectivity index is 1.81. The highest BCUT2D eigenvalue weighted by atomic mass is 32.1. The number of aryl methyl sites for hydroxylation is 1. The molecular weight excluding hydrogens is 449 g/mol. The lowest BCUT2D eigenvalue weighted by molar-refractivity contribution is 0.0479. The zero-order valence-corrected chi connectivity index (χ0v) is 21.1. The molecule has 0 spiro atoms. The predicted octanol–water partition coefficient (Wildman–Crippen LogP) is 7.62. The molecule has 3 aromatic rings. The molecule has 0 atom stereocenters. The van der Waals surface area contributed by atoms with Crippen molar-refractivity contribution < 1.29 is 18.7 Å². The summed E-state index contributed by atoms with van der Waals surface area (Å²) >= 11 is 1.41. The van der Waals surface area contributed by atoms with E-state index in [1.54, 1.807) is 12.1 Å². The number of anilines is 1. The first-order valence-corrected chi connectivity index (χ1v) is 12.3. The van der Waals surface area contributed by atoms with Crippen LogP contribution in [-0.2, 0) is 11.3 Å². The monoisotopic (exact) mass is 479 g/mol. The Bertz CT molecular complexity index is 1260. The SMILES string of the molecule is CCCOc1cc(F)ccc1-c1ccc2c(c1COC(=O)c1ccc(C)s1)C(C)=CC(C)(C)N2. The molecule has 178 valence electrons. The molecule has 0 saturated heterocycles. The van der Waals surface area contributed by atoms with Gasteiger partial charge < -0.3 is 14.8 Å². The first-order valence-electron chi connectivity index (χ1n) is 11.5. The minimum Gasteiger partial charge on any atom is -0.493 e. The van der Waals surface area contributed by atoms with Gasteiger partial charge in [-0.15, -0.1) is 11.3 Å². The fraction of sp³-hybridized carbons (Fsp3) is 0.321. The molecule has 0 aliphatic carbocycles. The molecule has 0 saturated carbocycles. The van der Waals surface area contributed by atoms with E-state index in [-0.39, 0.29) is 23.9 Å². The fourth-order valence-electron chi connectivity index (χ4n) is 4.40. The molecule has 1 aliphatic rings. The number of allylic oxidation sites excluding steroid dienone is 1. The number of benzene rings is 2. The summed E-state index contributed by atoms with van der Waals surface area (Å²) in [7, 11) is 0. The van der Waals surface area contributed by atoms with Crippen molar-refractivity contribution in [3.8, 4) is 16.9 Å². The second-order valence-electron chi connectivity index (χ2n) is 9.16. The van der Waals surface area contributed by atoms with Crippen molar-refractivity contribution in [3.63, 3.8) is 0 Å². The Morgan fingerprint density at radius 3 is 2.56 bits per heavy atom. The van der Waals surface area contributed by atoms with Crippen molar-refractivity contribution in [2.45, 2.75) is 53.2 Å². The van der Waals surface area contributed by atoms with E-state index in [2.05, 4.69) is 32.2 Å². The van der Waals surface area contributed by atoms with Crippen molar-refractivity contribution in [1.82, 2.24) is 0 Å². The van der Waals surface area contributed by atoms with Gasteiger partial charge in [-0.05, 0) is 75.6 Å². The van der Waals surface area contributed by atoms with Crippen LogP contribution in [0.2, 0.25) is 0 Å². The molecule has 34 heavy (non-hydrogen) atoms. The summed E-state index contributed by atoms with van der Waals surface area (Å²) in [6.45, 7) is 10.8. The van der Waals surface area contributed by atoms with Gasteiger partial charge in [0.25, 0.3) is 0 Å². The van der Waals surface area contributed by atoms with E-state index in [1.165, 1.54) is 23.5 Å². The second kappa shape index (κ2) is 9.63. The molecule has 0 bridgehead atoms. The maximum atomic E-state index is 14.1. The number of ether oxygens (including phenoxy) is 2. The third-order valence-electron chi connectivity index (χ3n) is 5.73. The van der Waals surface area contributed by atoms with Gasteiger partial charge in [0.1, 0.15) is 23.1 Å². The minimum atomic E-state index is -0.353. The number of carbonyl (C=O) groups excluding carboxylic acids is 1. The molecule has 4 rings (SSSR count). The number of esters is 1. The van der Waals surface area contributed by atoms with Gasteiger partial charge in [0, 0.05) is 33.3 Å². The highest BCUT2D eigenvalue weighted by Gasteiger charge is 2.27. The van der Waals surface area contributed by atoms with E-state index in [9.17, 15) is 9.18 Å². The molecule has 6 heteroatoms. The Morgan fingerprint density at radius 1 is 1.09 bits per heavy atom. The van der Waals surface area contributed by atoms with Gasteiger partial charge in [0.2, 0.25) is 0 Å². The summed E-state index contributed by atoms with van der Waals surface area (Å²) in [4.78, 5) is 14.4. The maximum Gasteiger partial charge on any atom is 0.348 e. The fourth-order valence-corrected chi connectivity index (χ4v) is 5.17. The topological polar surface area (TPSA) is 47.6 Å². The lowest BCUT2D eigenvalue weighted by Crippen LogP contribution is -2.32. The normalized spacial score (nSPS) is 14.1. The number of hydrogen-bond donors (Lipinski definition) is 1. The first kappa shape index (κ1) is 24.0. The molecule has 1 aromatic heterocycles. The Labute approximate surface area is 204 Å². The summed E-state index contributed by atoms with van der Waals surface area (Å²) in [5, 5.41) is 3.56. The largest absolute Gasteiger partial charge is 0.493 e. The summed E-state index contributed by atoms with van der Waals surface area (Å²) in [5.74, 6) is -0.226. The number of halogens is 1. The van der Waals surface area contributed by atoms with E-state index in [4.69, 9.17) is 9.47 Å². The van der Waals surface area contributed by atoms with Crippen molar-refractivity contribution >= 4 is 28.6 Å². The van der Waals surface area contributed by atoms with Gasteiger partial charge in [-0.1, -0.05) is 19.1 Å². The van der Waals surface area contributed by atoms with Gasteiger partial charge >= 0.3 is 5.97 Å². The van der Waals surface area contributed by atoms with Crippen LogP contribution >= 0.6 is 11.3 Å². The molecule has 2 heterocycles. The number of thiophene rings is 1. The molecule has 0 radical (unpaired) electrons. The highest BCUT2D eigenvalue weighted by molar-refractivity contribution is 7.13. The van der Waals surface area contributed by atoms with E-state index >= 15 is 0 Å². The number of nitrogens with one attached hydrogen (secondary N) is 1. The molecular formula is C28H30FNO3S. The van der Waals surface area contributed by atoms with Gasteiger partial charge in [0.15, 0.2) is 0 Å². The van der Waals surface area contributed by atoms with Gasteiger partial charge in [-0.2, -0.15) is 0 Å². The smallest absolute Gasteiger partial charge is 0.348 e. The van der Waals surface area contributed by atoms with E-state index < -0.39 is 0 Å². The first-order chi connectivity index (χ1) is 16.2. The second-order valence-corrected chi connectivity index (χ2v) is 10.5. The van der Waals surface area contributed by atoms with Crippen molar-refractivity contribution in [2.75, 3.05) is 11.9 Å². The summed E-state index contributed by atoms with van der Waals surface area (Å²) in [6, 6.07) is 12.3. The quantitative estimate of drug-likeness (QED) is 0.354. The number of carbonyl (C=O) groups is 1. The number of fused-ring (bicyclic) bond motifs is 1. The van der Waals surface area contributed by atoms with Crippen LogP contribution in [0.5, 0.6) is 5.75 Å². The molecule has 1 aliphatic heterocycles. The minimum absolute atomic E-state index is 0.0895. The van der Waals surface area contributed by atoms with Crippen LogP contribution in [0.15, 0.2) is 48.5 Å². The molecule has 0 fully saturated rings. The highest BCUT2D eigenvalue weighted by Crippen LogP contribution is 2.43. The van der Waals surface area contributed by atoms with Crippen LogP contribution in [0.25, 0.3) is 16.7 Å². The standard InChI is InChI=1S/C28H30FNO3S/c1-6-13-32-24-14-19(29)8-9-21(24)20-10-11-23-26(17(2)15-28(4,5)30-23)22(20)16-33-27(31)25-12-7-18(3)34-25/h7-12,14-15,30H,6,13,16H2,1-5H3. The zero-order chi connectivity index (χ0) is 24.5. The summed E-state index contributed by atoms with van der Waals surface area (Å²) in [5.41, 5.74) is 5.36. The van der Waals surface area contributed by atoms with Gasteiger partial charge in [-0.3, -0.25) is 0 Å². The van der Waals surface area contributed by atoms with Crippen LogP contribution in [0.1, 0.15) is 59.8 Å². The number of rotatable bonds is 7. The Kier molecular flexibility index (Phi) is 6.80. The van der Waals surface area contributed by atoms with E-state index in [1.807, 2.05) is 32.0 Å². The third kappa shape index (κ3) is 5.02. The number of hydrogen-bond acceptors (Lipinski definition) is 5. The van der Waals surface area contributed by atoms with Gasteiger partial charge in [-0.25, -0.2) is 9.18 Å². The lowest BCUT2D eigenvalue weighted by atomic mass is 9.85. The molecule has 0 unspecified atom stereocenters. The van der Waals surface area contributed by atoms with Crippen LogP contribution in [0, 0.1) is 12.7 Å². The summed E-state index contributed by atoms with van der Waals surface area (Å²) < 4.78 is 25.8. The van der Waals surface area contributed by atoms with Crippen molar-refractivity contribution in [1.29, 1.82) is 0 Å². The zero-order valence-electron chi connectivity index (χ0n) is 20.3. The van der Waals surface area contributed by atoms with Crippen LogP contribution in [0.4, 0.5) is 10.1 Å². The molecule has 2 aromatic carbocycles. The van der Waals surface area contributed by atoms with Crippen LogP contribution in [0.3, 0.4) is 0 Å². The Hall–Kier alpha value is -3.12. The average Bonchev–Trinajstić information content (AvgIpc) is 3.21. The van der Waals surface area contributed by atoms with Crippen LogP contribution < -0.4 is 10.1 Å². The Morgan fingerprint density at radius 2 is 1.85 bits per heavy atom. The maximum absolute atomic E-state index is 14.1. The average molecular weight is 480 g/mol. The molecule has 0 amide bonds. The third-order valence-corrected chi connectivity index (χ3v) is 6.71. The molecule has 1 N–H and O–H groups in total. The van der Waals surface area contributed by atoms with Crippen molar-refractivity contribution in [2.24, 2.45) is 0 Å². The predicted molar refractivity (Wildman–Crippen MR) is 137 cm³/mol. The molecule has 4 nitrogen and oxygen atoms in total. The van der Waals surface area contributed by atoms with Gasteiger partial charge in [0.05, 0.1) is 12.1 Å². The van der Waals surface area contributed by atoms with E-state index in [0.29, 0.717) is 17.2 Å².